The van der Waals surface area contributed by atoms with Crippen LogP contribution in [0.5, 0.6) is 0 Å². The zero-order valence-electron chi connectivity index (χ0n) is 13.9. The van der Waals surface area contributed by atoms with E-state index in [9.17, 15) is 14.4 Å². The fraction of sp³-hybridized carbons (Fsp3) is 0.333. The SMILES string of the molecule is O=C(O)N1CCC(CNc2nonc2C(=Nc2ccc(F)c(Br)c2)NO)C1. The van der Waals surface area contributed by atoms with Crippen molar-refractivity contribution in [2.75, 3.05) is 25.0 Å². The van der Waals surface area contributed by atoms with Crippen LogP contribution >= 0.6 is 15.9 Å². The van der Waals surface area contributed by atoms with Crippen LogP contribution in [0.2, 0.25) is 0 Å². The van der Waals surface area contributed by atoms with Gasteiger partial charge < -0.3 is 15.3 Å². The normalized spacial score (nSPS) is 17.2. The molecule has 1 aromatic heterocycles. The van der Waals surface area contributed by atoms with Gasteiger partial charge in [0, 0.05) is 19.6 Å². The van der Waals surface area contributed by atoms with Crippen molar-refractivity contribution < 1.29 is 24.1 Å². The van der Waals surface area contributed by atoms with Crippen molar-refractivity contribution in [3.63, 3.8) is 0 Å². The highest BCUT2D eigenvalue weighted by Gasteiger charge is 2.26. The first-order chi connectivity index (χ1) is 13.0. The number of hydrogen-bond acceptors (Lipinski definition) is 7. The molecule has 2 aromatic rings. The number of hydrogen-bond donors (Lipinski definition) is 4. The quantitative estimate of drug-likeness (QED) is 0.314. The molecule has 27 heavy (non-hydrogen) atoms. The highest BCUT2D eigenvalue weighted by Crippen LogP contribution is 2.23. The monoisotopic (exact) mass is 442 g/mol. The predicted octanol–water partition coefficient (Wildman–Crippen LogP) is 2.44. The number of nitrogens with one attached hydrogen (secondary N) is 2. The lowest BCUT2D eigenvalue weighted by molar-refractivity contribution is 0.154. The van der Waals surface area contributed by atoms with Crippen LogP contribution in [0.4, 0.5) is 20.7 Å². The van der Waals surface area contributed by atoms with Gasteiger partial charge in [0.1, 0.15) is 5.82 Å². The highest BCUT2D eigenvalue weighted by molar-refractivity contribution is 9.10. The number of benzene rings is 1. The second-order valence-electron chi connectivity index (χ2n) is 5.90. The molecule has 1 fully saturated rings. The van der Waals surface area contributed by atoms with Crippen LogP contribution in [0.3, 0.4) is 0 Å². The van der Waals surface area contributed by atoms with Gasteiger partial charge >= 0.3 is 6.09 Å². The summed E-state index contributed by atoms with van der Waals surface area (Å²) in [6, 6.07) is 4.09. The molecule has 1 saturated heterocycles. The predicted molar refractivity (Wildman–Crippen MR) is 95.7 cm³/mol. The molecule has 3 rings (SSSR count). The Morgan fingerprint density at radius 1 is 1.48 bits per heavy atom. The Morgan fingerprint density at radius 3 is 2.96 bits per heavy atom. The number of rotatable bonds is 5. The molecule has 2 heterocycles. The van der Waals surface area contributed by atoms with E-state index >= 15 is 0 Å². The van der Waals surface area contributed by atoms with Crippen molar-refractivity contribution in [3.8, 4) is 0 Å². The van der Waals surface area contributed by atoms with Gasteiger partial charge in [-0.05, 0) is 56.8 Å². The van der Waals surface area contributed by atoms with Crippen molar-refractivity contribution in [1.82, 2.24) is 20.7 Å². The van der Waals surface area contributed by atoms with Gasteiger partial charge in [-0.2, -0.15) is 0 Å². The van der Waals surface area contributed by atoms with E-state index < -0.39 is 11.9 Å². The molecule has 12 heteroatoms. The minimum atomic E-state index is -0.939. The molecule has 0 aliphatic carbocycles. The fourth-order valence-electron chi connectivity index (χ4n) is 2.69. The average Bonchev–Trinajstić information content (AvgIpc) is 3.30. The van der Waals surface area contributed by atoms with Gasteiger partial charge in [-0.3, -0.25) is 10.7 Å². The molecule has 0 saturated carbocycles. The lowest BCUT2D eigenvalue weighted by atomic mass is 10.1. The molecule has 1 atom stereocenters. The lowest BCUT2D eigenvalue weighted by Gasteiger charge is -2.12. The van der Waals surface area contributed by atoms with E-state index in [1.54, 1.807) is 0 Å². The van der Waals surface area contributed by atoms with E-state index in [2.05, 4.69) is 36.6 Å². The standard InChI is InChI=1S/C15H16BrFN6O4/c16-10-5-9(1-2-11(10)17)19-14(20-26)12-13(22-27-21-12)18-6-8-3-4-23(7-8)15(24)25/h1-2,5,8,26H,3-4,6-7H2,(H,18,22)(H,19,20)(H,24,25). The second-order valence-corrected chi connectivity index (χ2v) is 6.75. The number of halogens is 2. The second kappa shape index (κ2) is 8.31. The van der Waals surface area contributed by atoms with Gasteiger partial charge in [0.15, 0.2) is 11.5 Å². The summed E-state index contributed by atoms with van der Waals surface area (Å²) < 4.78 is 18.3. The van der Waals surface area contributed by atoms with Gasteiger partial charge in [0.2, 0.25) is 5.82 Å². The van der Waals surface area contributed by atoms with Crippen molar-refractivity contribution >= 4 is 39.4 Å². The van der Waals surface area contributed by atoms with Crippen LogP contribution in [0.15, 0.2) is 32.3 Å². The summed E-state index contributed by atoms with van der Waals surface area (Å²) in [6.07, 6.45) is -0.214. The summed E-state index contributed by atoms with van der Waals surface area (Å²) in [5.41, 5.74) is 2.42. The Labute approximate surface area is 161 Å². The maximum Gasteiger partial charge on any atom is 0.407 e. The topological polar surface area (TPSA) is 136 Å². The largest absolute Gasteiger partial charge is 0.465 e. The first kappa shape index (κ1) is 19.0. The number of carbonyl (C=O) groups is 1. The van der Waals surface area contributed by atoms with Crippen LogP contribution < -0.4 is 10.8 Å². The molecule has 1 aliphatic heterocycles. The number of aromatic nitrogens is 2. The molecular formula is C15H16BrFN6O4. The zero-order valence-corrected chi connectivity index (χ0v) is 15.5. The minimum absolute atomic E-state index is 0.0455. The first-order valence-electron chi connectivity index (χ1n) is 7.96. The minimum Gasteiger partial charge on any atom is -0.465 e. The number of likely N-dealkylation sites (tertiary alicyclic amines) is 1. The Hall–Kier alpha value is -2.73. The lowest BCUT2D eigenvalue weighted by Crippen LogP contribution is -2.28. The summed E-state index contributed by atoms with van der Waals surface area (Å²) >= 11 is 3.07. The third-order valence-corrected chi connectivity index (χ3v) is 4.69. The maximum absolute atomic E-state index is 13.3. The Morgan fingerprint density at radius 2 is 2.30 bits per heavy atom. The Balaban J connectivity index is 1.71. The van der Waals surface area contributed by atoms with Gasteiger partial charge in [0.25, 0.3) is 0 Å². The Kier molecular flexibility index (Phi) is 5.86. The van der Waals surface area contributed by atoms with E-state index in [1.165, 1.54) is 23.1 Å². The Bertz CT molecular complexity index is 861. The molecule has 0 radical (unpaired) electrons. The van der Waals surface area contributed by atoms with Crippen molar-refractivity contribution in [3.05, 3.63) is 34.2 Å². The number of amides is 1. The van der Waals surface area contributed by atoms with E-state index in [4.69, 9.17) is 9.74 Å². The number of hydroxylamine groups is 1. The van der Waals surface area contributed by atoms with Crippen LogP contribution in [0, 0.1) is 11.7 Å². The van der Waals surface area contributed by atoms with Crippen molar-refractivity contribution in [1.29, 1.82) is 0 Å². The molecule has 10 nitrogen and oxygen atoms in total. The van der Waals surface area contributed by atoms with Gasteiger partial charge in [-0.25, -0.2) is 18.8 Å². The summed E-state index contributed by atoms with van der Waals surface area (Å²) in [4.78, 5) is 16.5. The van der Waals surface area contributed by atoms with Gasteiger partial charge in [0.05, 0.1) is 10.2 Å². The van der Waals surface area contributed by atoms with Gasteiger partial charge in [-0.15, -0.1) is 0 Å². The summed E-state index contributed by atoms with van der Waals surface area (Å²) in [5.74, 6) is -0.132. The molecule has 0 bridgehead atoms. The van der Waals surface area contributed by atoms with Crippen molar-refractivity contribution in [2.24, 2.45) is 10.9 Å². The van der Waals surface area contributed by atoms with Crippen molar-refractivity contribution in [2.45, 2.75) is 6.42 Å². The first-order valence-corrected chi connectivity index (χ1v) is 8.75. The summed E-state index contributed by atoms with van der Waals surface area (Å²) in [5, 5.41) is 28.9. The maximum atomic E-state index is 13.3. The van der Waals surface area contributed by atoms with Gasteiger partial charge in [-0.1, -0.05) is 0 Å². The molecule has 1 unspecified atom stereocenters. The van der Waals surface area contributed by atoms with E-state index in [1.807, 2.05) is 5.48 Å². The van der Waals surface area contributed by atoms with Crippen LogP contribution in [-0.2, 0) is 0 Å². The number of amidine groups is 1. The van der Waals surface area contributed by atoms with E-state index in [0.29, 0.717) is 25.3 Å². The van der Waals surface area contributed by atoms with Crippen LogP contribution in [-0.4, -0.2) is 57.1 Å². The van der Waals surface area contributed by atoms with E-state index in [0.717, 1.165) is 6.42 Å². The molecule has 1 amide bonds. The fourth-order valence-corrected chi connectivity index (χ4v) is 3.06. The van der Waals surface area contributed by atoms with Crippen LogP contribution in [0.1, 0.15) is 12.1 Å². The van der Waals surface area contributed by atoms with Crippen LogP contribution in [0.25, 0.3) is 0 Å². The molecule has 4 N–H and O–H groups in total. The number of aliphatic imine (C=N–C) groups is 1. The third-order valence-electron chi connectivity index (χ3n) is 4.08. The third kappa shape index (κ3) is 4.52. The molecule has 1 aliphatic rings. The number of carboxylic acid groups (broad SMARTS) is 1. The number of anilines is 1. The summed E-state index contributed by atoms with van der Waals surface area (Å²) in [6.45, 7) is 1.35. The zero-order chi connectivity index (χ0) is 19.4. The smallest absolute Gasteiger partial charge is 0.407 e. The number of nitrogens with zero attached hydrogens (tertiary/aromatic N) is 4. The molecular weight excluding hydrogens is 427 g/mol. The highest BCUT2D eigenvalue weighted by atomic mass is 79.9. The summed E-state index contributed by atoms with van der Waals surface area (Å²) in [7, 11) is 0. The molecule has 1 aromatic carbocycles. The average molecular weight is 443 g/mol. The molecule has 0 spiro atoms. The van der Waals surface area contributed by atoms with E-state index in [-0.39, 0.29) is 27.7 Å². The molecule has 144 valence electrons.